The Balaban J connectivity index is 1.78. The fourth-order valence-electron chi connectivity index (χ4n) is 1.97. The molecule has 0 atom stereocenters. The number of nitriles is 1. The zero-order valence-corrected chi connectivity index (χ0v) is 12.5. The summed E-state index contributed by atoms with van der Waals surface area (Å²) in [5.41, 5.74) is 2.39. The van der Waals surface area contributed by atoms with Crippen molar-refractivity contribution in [1.29, 1.82) is 5.26 Å². The minimum absolute atomic E-state index is 0.139. The second kappa shape index (κ2) is 7.84. The van der Waals surface area contributed by atoms with Crippen molar-refractivity contribution in [3.05, 3.63) is 59.7 Å². The third-order valence-corrected chi connectivity index (χ3v) is 3.20. The van der Waals surface area contributed by atoms with Crippen LogP contribution < -0.4 is 10.1 Å². The number of rotatable bonds is 6. The molecule has 0 spiro atoms. The molecule has 22 heavy (non-hydrogen) atoms. The maximum Gasteiger partial charge on any atom is 0.227 e. The fourth-order valence-corrected chi connectivity index (χ4v) is 1.97. The van der Waals surface area contributed by atoms with Crippen LogP contribution in [0.25, 0.3) is 0 Å². The van der Waals surface area contributed by atoms with Gasteiger partial charge in [-0.15, -0.1) is 0 Å². The van der Waals surface area contributed by atoms with Gasteiger partial charge in [0, 0.05) is 5.69 Å². The van der Waals surface area contributed by atoms with Crippen LogP contribution in [-0.2, 0) is 11.2 Å². The molecule has 0 fully saturated rings. The minimum atomic E-state index is -0.139. The monoisotopic (exact) mass is 294 g/mol. The van der Waals surface area contributed by atoms with Crippen LogP contribution in [0, 0.1) is 11.3 Å². The van der Waals surface area contributed by atoms with Gasteiger partial charge in [-0.2, -0.15) is 5.26 Å². The van der Waals surface area contributed by atoms with Gasteiger partial charge >= 0.3 is 0 Å². The molecular weight excluding hydrogens is 276 g/mol. The van der Waals surface area contributed by atoms with Crippen LogP contribution in [0.3, 0.4) is 0 Å². The molecule has 0 radical (unpaired) electrons. The normalized spacial score (nSPS) is 9.82. The van der Waals surface area contributed by atoms with Gasteiger partial charge in [-0.3, -0.25) is 4.79 Å². The van der Waals surface area contributed by atoms with E-state index in [9.17, 15) is 4.79 Å². The molecule has 2 aromatic rings. The lowest BCUT2D eigenvalue weighted by molar-refractivity contribution is -0.116. The number of aryl methyl sites for hydroxylation is 1. The molecule has 0 bridgehead atoms. The van der Waals surface area contributed by atoms with Crippen molar-refractivity contribution in [2.24, 2.45) is 0 Å². The Morgan fingerprint density at radius 1 is 1.23 bits per heavy atom. The Hall–Kier alpha value is -2.80. The van der Waals surface area contributed by atoms with E-state index in [1.165, 1.54) is 5.56 Å². The molecule has 4 heteroatoms. The molecule has 4 nitrogen and oxygen atoms in total. The standard InChI is InChI=1S/C18H18N2O2/c1-2-14-6-8-17(9-7-14)22-11-10-18(21)20-16-5-3-4-15(12-16)13-19/h3-9,12H,2,10-11H2,1H3,(H,20,21). The Bertz CT molecular complexity index is 672. The Kier molecular flexibility index (Phi) is 5.56. The maximum absolute atomic E-state index is 11.8. The smallest absolute Gasteiger partial charge is 0.227 e. The van der Waals surface area contributed by atoms with Crippen LogP contribution in [0.1, 0.15) is 24.5 Å². The molecule has 0 saturated carbocycles. The molecule has 0 heterocycles. The number of nitrogens with one attached hydrogen (secondary N) is 1. The summed E-state index contributed by atoms with van der Waals surface area (Å²) in [4.78, 5) is 11.8. The molecule has 1 N–H and O–H groups in total. The van der Waals surface area contributed by atoms with Crippen molar-refractivity contribution in [3.8, 4) is 11.8 Å². The average Bonchev–Trinajstić information content (AvgIpc) is 2.55. The third-order valence-electron chi connectivity index (χ3n) is 3.20. The summed E-state index contributed by atoms with van der Waals surface area (Å²) in [6, 6.07) is 16.7. The van der Waals surface area contributed by atoms with E-state index in [4.69, 9.17) is 10.00 Å². The highest BCUT2D eigenvalue weighted by Crippen LogP contribution is 2.13. The molecule has 2 aromatic carbocycles. The van der Waals surface area contributed by atoms with Gasteiger partial charge in [-0.05, 0) is 42.3 Å². The van der Waals surface area contributed by atoms with Gasteiger partial charge in [0.15, 0.2) is 0 Å². The maximum atomic E-state index is 11.8. The number of anilines is 1. The first-order valence-electron chi connectivity index (χ1n) is 7.23. The number of ether oxygens (including phenoxy) is 1. The predicted octanol–water partition coefficient (Wildman–Crippen LogP) is 3.53. The minimum Gasteiger partial charge on any atom is -0.493 e. The lowest BCUT2D eigenvalue weighted by Gasteiger charge is -2.08. The Morgan fingerprint density at radius 2 is 2.00 bits per heavy atom. The SMILES string of the molecule is CCc1ccc(OCCC(=O)Nc2cccc(C#N)c2)cc1. The van der Waals surface area contributed by atoms with Crippen LogP contribution in [-0.4, -0.2) is 12.5 Å². The second-order valence-electron chi connectivity index (χ2n) is 4.84. The van der Waals surface area contributed by atoms with Crippen molar-refractivity contribution in [2.45, 2.75) is 19.8 Å². The number of hydrogen-bond donors (Lipinski definition) is 1. The van der Waals surface area contributed by atoms with Crippen LogP contribution in [0.4, 0.5) is 5.69 Å². The van der Waals surface area contributed by atoms with Crippen LogP contribution in [0.2, 0.25) is 0 Å². The number of carbonyl (C=O) groups excluding carboxylic acids is 1. The lowest BCUT2D eigenvalue weighted by atomic mass is 10.2. The van der Waals surface area contributed by atoms with Crippen molar-refractivity contribution >= 4 is 11.6 Å². The topological polar surface area (TPSA) is 62.1 Å². The Labute approximate surface area is 130 Å². The largest absolute Gasteiger partial charge is 0.493 e. The highest BCUT2D eigenvalue weighted by atomic mass is 16.5. The summed E-state index contributed by atoms with van der Waals surface area (Å²) in [5, 5.41) is 11.6. The molecule has 0 unspecified atom stereocenters. The number of benzene rings is 2. The van der Waals surface area contributed by atoms with E-state index in [1.807, 2.05) is 30.3 Å². The molecule has 0 aromatic heterocycles. The molecule has 0 aliphatic heterocycles. The molecule has 2 rings (SSSR count). The fraction of sp³-hybridized carbons (Fsp3) is 0.222. The van der Waals surface area contributed by atoms with E-state index in [0.29, 0.717) is 17.9 Å². The van der Waals surface area contributed by atoms with E-state index < -0.39 is 0 Å². The summed E-state index contributed by atoms with van der Waals surface area (Å²) >= 11 is 0. The number of nitrogens with zero attached hydrogens (tertiary/aromatic N) is 1. The highest BCUT2D eigenvalue weighted by Gasteiger charge is 2.04. The highest BCUT2D eigenvalue weighted by molar-refractivity contribution is 5.90. The van der Waals surface area contributed by atoms with E-state index in [-0.39, 0.29) is 12.3 Å². The summed E-state index contributed by atoms with van der Waals surface area (Å²) in [6.07, 6.45) is 1.25. The van der Waals surface area contributed by atoms with Gasteiger partial charge in [0.2, 0.25) is 5.91 Å². The average molecular weight is 294 g/mol. The van der Waals surface area contributed by atoms with Gasteiger partial charge in [0.05, 0.1) is 24.7 Å². The van der Waals surface area contributed by atoms with Crippen molar-refractivity contribution < 1.29 is 9.53 Å². The summed E-state index contributed by atoms with van der Waals surface area (Å²) in [7, 11) is 0. The van der Waals surface area contributed by atoms with Crippen LogP contribution in [0.5, 0.6) is 5.75 Å². The van der Waals surface area contributed by atoms with Crippen LogP contribution in [0.15, 0.2) is 48.5 Å². The van der Waals surface area contributed by atoms with Crippen molar-refractivity contribution in [3.63, 3.8) is 0 Å². The first-order valence-corrected chi connectivity index (χ1v) is 7.23. The number of hydrogen-bond acceptors (Lipinski definition) is 3. The van der Waals surface area contributed by atoms with Gasteiger partial charge < -0.3 is 10.1 Å². The summed E-state index contributed by atoms with van der Waals surface area (Å²) in [5.74, 6) is 0.622. The molecule has 1 amide bonds. The molecule has 112 valence electrons. The summed E-state index contributed by atoms with van der Waals surface area (Å²) < 4.78 is 5.55. The number of carbonyl (C=O) groups is 1. The van der Waals surface area contributed by atoms with Gasteiger partial charge in [0.1, 0.15) is 5.75 Å². The molecule has 0 aliphatic rings. The molecule has 0 aliphatic carbocycles. The van der Waals surface area contributed by atoms with Gasteiger partial charge in [0.25, 0.3) is 0 Å². The van der Waals surface area contributed by atoms with Crippen LogP contribution >= 0.6 is 0 Å². The first-order chi connectivity index (χ1) is 10.7. The summed E-state index contributed by atoms with van der Waals surface area (Å²) in [6.45, 7) is 2.41. The lowest BCUT2D eigenvalue weighted by Crippen LogP contribution is -2.15. The quantitative estimate of drug-likeness (QED) is 0.886. The van der Waals surface area contributed by atoms with E-state index in [1.54, 1.807) is 24.3 Å². The zero-order valence-electron chi connectivity index (χ0n) is 12.5. The van der Waals surface area contributed by atoms with Gasteiger partial charge in [-0.1, -0.05) is 25.1 Å². The van der Waals surface area contributed by atoms with E-state index >= 15 is 0 Å². The van der Waals surface area contributed by atoms with E-state index in [2.05, 4.69) is 12.2 Å². The predicted molar refractivity (Wildman–Crippen MR) is 85.7 cm³/mol. The number of amides is 1. The Morgan fingerprint density at radius 3 is 2.68 bits per heavy atom. The zero-order chi connectivity index (χ0) is 15.8. The first kappa shape index (κ1) is 15.6. The molecule has 0 saturated heterocycles. The van der Waals surface area contributed by atoms with Crippen molar-refractivity contribution in [2.75, 3.05) is 11.9 Å². The van der Waals surface area contributed by atoms with E-state index in [0.717, 1.165) is 12.2 Å². The van der Waals surface area contributed by atoms with Gasteiger partial charge in [-0.25, -0.2) is 0 Å². The van der Waals surface area contributed by atoms with Crippen molar-refractivity contribution in [1.82, 2.24) is 0 Å². The molecular formula is C18H18N2O2. The third kappa shape index (κ3) is 4.64. The second-order valence-corrected chi connectivity index (χ2v) is 4.84.